The molecule has 2 aromatic heterocycles. The first-order valence-corrected chi connectivity index (χ1v) is 11.1. The van der Waals surface area contributed by atoms with Crippen LogP contribution in [-0.2, 0) is 4.74 Å². The molecule has 2 amide bonds. The number of primary amides is 1. The summed E-state index contributed by atoms with van der Waals surface area (Å²) < 4.78 is 3.80. The maximum absolute atomic E-state index is 14.1. The fourth-order valence-electron chi connectivity index (χ4n) is 3.08. The number of nitrogens with one attached hydrogen (secondary N) is 2. The van der Waals surface area contributed by atoms with Crippen molar-refractivity contribution in [1.82, 2.24) is 9.97 Å². The van der Waals surface area contributed by atoms with Gasteiger partial charge in [-0.1, -0.05) is 30.3 Å². The van der Waals surface area contributed by atoms with Gasteiger partial charge in [-0.3, -0.25) is 9.59 Å². The highest BCUT2D eigenvalue weighted by Crippen LogP contribution is 2.37. The second-order valence-corrected chi connectivity index (χ2v) is 9.39. The minimum Gasteiger partial charge on any atom is -0.596 e. The van der Waals surface area contributed by atoms with Crippen LogP contribution in [0.5, 0.6) is 5.75 Å². The van der Waals surface area contributed by atoms with E-state index in [0.717, 1.165) is 11.3 Å². The summed E-state index contributed by atoms with van der Waals surface area (Å²) in [5.74, 6) is -2.13. The predicted molar refractivity (Wildman–Crippen MR) is 127 cm³/mol. The van der Waals surface area contributed by atoms with Crippen LogP contribution in [0.15, 0.2) is 46.6 Å². The van der Waals surface area contributed by atoms with Gasteiger partial charge in [0.15, 0.2) is 11.5 Å². The molecule has 0 radical (unpaired) electrons. The molecule has 34 heavy (non-hydrogen) atoms. The maximum Gasteiger partial charge on any atom is 0.542 e. The molecule has 2 unspecified atom stereocenters. The van der Waals surface area contributed by atoms with Crippen LogP contribution < -0.4 is 16.7 Å². The van der Waals surface area contributed by atoms with Crippen molar-refractivity contribution in [2.24, 2.45) is 5.73 Å². The van der Waals surface area contributed by atoms with Gasteiger partial charge in [-0.25, -0.2) is 10.4 Å². The van der Waals surface area contributed by atoms with Crippen LogP contribution in [0.2, 0.25) is 0 Å². The molecule has 3 aromatic rings. The summed E-state index contributed by atoms with van der Waals surface area (Å²) in [6, 6.07) is 9.30. The highest BCUT2D eigenvalue weighted by molar-refractivity contribution is 7.14. The van der Waals surface area contributed by atoms with Gasteiger partial charge in [-0.05, 0) is 39.1 Å². The van der Waals surface area contributed by atoms with Crippen LogP contribution in [0.3, 0.4) is 0 Å². The summed E-state index contributed by atoms with van der Waals surface area (Å²) in [4.78, 5) is 43.4. The second-order valence-electron chi connectivity index (χ2n) is 8.48. The Morgan fingerprint density at radius 2 is 1.91 bits per heavy atom. The van der Waals surface area contributed by atoms with Gasteiger partial charge in [0.25, 0.3) is 11.5 Å². The average Bonchev–Trinajstić information content (AvgIpc) is 3.22. The number of anilines is 1. The Balaban J connectivity index is 2.09. The lowest BCUT2D eigenvalue weighted by Gasteiger charge is -2.43. The number of carbonyl (C=O) groups is 2. The zero-order valence-corrected chi connectivity index (χ0v) is 19.8. The van der Waals surface area contributed by atoms with E-state index in [0.29, 0.717) is 5.56 Å². The van der Waals surface area contributed by atoms with Gasteiger partial charge in [-0.2, -0.15) is 4.79 Å². The van der Waals surface area contributed by atoms with E-state index in [4.69, 9.17) is 10.5 Å². The summed E-state index contributed by atoms with van der Waals surface area (Å²) >= 11 is 1.08. The monoisotopic (exact) mass is 487 g/mol. The number of hydroxylamine groups is 2. The molecule has 11 nitrogen and oxygen atoms in total. The lowest BCUT2D eigenvalue weighted by atomic mass is 10.1. The fourth-order valence-corrected chi connectivity index (χ4v) is 3.87. The minimum absolute atomic E-state index is 0.114. The van der Waals surface area contributed by atoms with Gasteiger partial charge in [-0.15, -0.1) is 16.1 Å². The van der Waals surface area contributed by atoms with Crippen molar-refractivity contribution in [3.63, 3.8) is 0 Å². The van der Waals surface area contributed by atoms with E-state index in [9.17, 15) is 24.7 Å². The molecule has 3 rings (SSSR count). The number of aromatic amines is 1. The van der Waals surface area contributed by atoms with E-state index in [1.807, 2.05) is 0 Å². The second kappa shape index (κ2) is 9.25. The Labute approximate surface area is 199 Å². The zero-order chi connectivity index (χ0) is 25.3. The molecule has 0 spiro atoms. The highest BCUT2D eigenvalue weighted by atomic mass is 32.1. The van der Waals surface area contributed by atoms with Crippen molar-refractivity contribution in [1.29, 1.82) is 0 Å². The number of aromatic nitrogens is 2. The Morgan fingerprint density at radius 3 is 2.50 bits per heavy atom. The van der Waals surface area contributed by atoms with Crippen LogP contribution in [0.4, 0.5) is 10.5 Å². The van der Waals surface area contributed by atoms with Crippen LogP contribution in [0, 0.1) is 5.21 Å². The molecule has 0 fully saturated rings. The molecule has 0 aliphatic rings. The first kappa shape index (κ1) is 24.9. The van der Waals surface area contributed by atoms with Crippen LogP contribution in [0.1, 0.15) is 49.8 Å². The molecule has 12 heteroatoms. The van der Waals surface area contributed by atoms with Crippen LogP contribution in [0.25, 0.3) is 10.7 Å². The number of thiophene rings is 1. The number of amides is 2. The number of hydrogen-bond acceptors (Lipinski definition) is 9. The smallest absolute Gasteiger partial charge is 0.542 e. The van der Waals surface area contributed by atoms with Crippen molar-refractivity contribution in [2.45, 2.75) is 39.3 Å². The molecular formula is C22H25N5O6S. The normalized spacial score (nSPS) is 14.1. The average molecular weight is 488 g/mol. The number of nitrogens with zero attached hydrogens (tertiary/aromatic N) is 2. The van der Waals surface area contributed by atoms with Gasteiger partial charge in [0.1, 0.15) is 17.3 Å². The molecule has 180 valence electrons. The predicted octanol–water partition coefficient (Wildman–Crippen LogP) is 3.64. The number of carbonyl (C=O) groups excluding carboxylic acids is 2. The number of rotatable bonds is 6. The molecule has 2 heterocycles. The van der Waals surface area contributed by atoms with Gasteiger partial charge in [0.05, 0.1) is 4.88 Å². The highest BCUT2D eigenvalue weighted by Gasteiger charge is 2.41. The van der Waals surface area contributed by atoms with Gasteiger partial charge in [0, 0.05) is 5.56 Å². The molecular weight excluding hydrogens is 462 g/mol. The third-order valence-corrected chi connectivity index (χ3v) is 5.71. The van der Waals surface area contributed by atoms with Crippen LogP contribution in [-0.4, -0.2) is 37.4 Å². The summed E-state index contributed by atoms with van der Waals surface area (Å²) in [5.41, 5.74) is 6.09. The summed E-state index contributed by atoms with van der Waals surface area (Å²) in [5, 5.41) is 25.5. The van der Waals surface area contributed by atoms with E-state index in [1.165, 1.54) is 6.07 Å². The molecule has 0 bridgehead atoms. The number of hydrogen-bond donors (Lipinski definition) is 4. The Kier molecular flexibility index (Phi) is 6.77. The van der Waals surface area contributed by atoms with E-state index >= 15 is 0 Å². The molecule has 5 N–H and O–H groups in total. The van der Waals surface area contributed by atoms with Crippen molar-refractivity contribution >= 4 is 29.0 Å². The number of nitrogens with two attached hydrogens (primary N) is 1. The van der Waals surface area contributed by atoms with Crippen molar-refractivity contribution in [3.05, 3.63) is 68.6 Å². The largest absolute Gasteiger partial charge is 0.596 e. The van der Waals surface area contributed by atoms with E-state index in [1.54, 1.807) is 63.4 Å². The Hall–Kier alpha value is -3.74. The molecule has 0 saturated heterocycles. The number of ether oxygens (including phenoxy) is 1. The SMILES string of the molecule is CC(c1ccccc1)[N+]([O-])(Nc1ccsc1-c1nc(C(N)=O)c(O)c(=O)[nH]1)C(=O)OC(C)(C)C. The topological polar surface area (TPSA) is 170 Å². The number of quaternary nitrogens is 1. The maximum atomic E-state index is 14.1. The lowest BCUT2D eigenvalue weighted by Crippen LogP contribution is -2.55. The summed E-state index contributed by atoms with van der Waals surface area (Å²) in [6.07, 6.45) is -1.08. The third-order valence-electron chi connectivity index (χ3n) is 4.79. The van der Waals surface area contributed by atoms with E-state index in [-0.39, 0.29) is 16.4 Å². The number of aromatic hydroxyl groups is 1. The lowest BCUT2D eigenvalue weighted by molar-refractivity contribution is -0.817. The zero-order valence-electron chi connectivity index (χ0n) is 19.0. The Bertz CT molecular complexity index is 1270. The first-order valence-electron chi connectivity index (χ1n) is 10.2. The summed E-state index contributed by atoms with van der Waals surface area (Å²) in [7, 11) is 0. The van der Waals surface area contributed by atoms with Crippen LogP contribution >= 0.6 is 11.3 Å². The van der Waals surface area contributed by atoms with Crippen molar-refractivity contribution in [2.75, 3.05) is 5.43 Å². The van der Waals surface area contributed by atoms with E-state index < -0.39 is 45.4 Å². The Morgan fingerprint density at radius 1 is 1.26 bits per heavy atom. The number of H-pyrrole nitrogens is 1. The molecule has 0 aliphatic heterocycles. The quantitative estimate of drug-likeness (QED) is 0.301. The van der Waals surface area contributed by atoms with Crippen molar-refractivity contribution < 1.29 is 24.2 Å². The molecule has 2 atom stereocenters. The molecule has 1 aromatic carbocycles. The fraction of sp³-hybridized carbons (Fsp3) is 0.273. The van der Waals surface area contributed by atoms with Crippen molar-refractivity contribution in [3.8, 4) is 16.5 Å². The molecule has 0 aliphatic carbocycles. The first-order chi connectivity index (χ1) is 15.8. The third kappa shape index (κ3) is 5.09. The van der Waals surface area contributed by atoms with Gasteiger partial charge in [0.2, 0.25) is 5.75 Å². The molecule has 0 saturated carbocycles. The number of benzene rings is 1. The van der Waals surface area contributed by atoms with E-state index in [2.05, 4.69) is 15.4 Å². The standard InChI is InChI=1S/C22H25N5O6S/c1-12(13-8-6-5-7-9-13)27(32,21(31)33-22(2,3)4)26-14-10-11-34-17(14)19-24-15(18(23)29)16(28)20(30)25-19/h5-12,26,28H,1-4H3,(H2,23,29)(H,24,25,30). The minimum atomic E-state index is -1.62. The van der Waals surface area contributed by atoms with Gasteiger partial charge < -0.3 is 25.8 Å². The summed E-state index contributed by atoms with van der Waals surface area (Å²) in [6.45, 7) is 6.52. The van der Waals surface area contributed by atoms with Gasteiger partial charge >= 0.3 is 6.09 Å².